The Morgan fingerprint density at radius 1 is 1.07 bits per heavy atom. The average Bonchev–Trinajstić information content (AvgIpc) is 3.15. The summed E-state index contributed by atoms with van der Waals surface area (Å²) in [5, 5.41) is 11.6. The van der Waals surface area contributed by atoms with Crippen LogP contribution in [0.1, 0.15) is 18.4 Å². The number of aryl methyl sites for hydroxylation is 1. The number of rotatable bonds is 5. The van der Waals surface area contributed by atoms with Gasteiger partial charge >= 0.3 is 0 Å². The molecule has 0 saturated heterocycles. The van der Waals surface area contributed by atoms with Crippen molar-refractivity contribution in [3.05, 3.63) is 75.9 Å². The molecule has 0 amide bonds. The van der Waals surface area contributed by atoms with Crippen LogP contribution >= 0.6 is 11.3 Å². The van der Waals surface area contributed by atoms with Crippen molar-refractivity contribution in [1.29, 1.82) is 5.26 Å². The predicted octanol–water partition coefficient (Wildman–Crippen LogP) is 5.40. The first-order chi connectivity index (χ1) is 13.7. The number of nitrogens with zero attached hydrogens (tertiary/aromatic N) is 3. The van der Waals surface area contributed by atoms with Crippen LogP contribution in [0.2, 0.25) is 0 Å². The molecule has 4 rings (SSSR count). The minimum Gasteiger partial charge on any atom is -0.292 e. The van der Waals surface area contributed by atoms with Crippen LogP contribution in [0.25, 0.3) is 32.7 Å². The first kappa shape index (κ1) is 18.1. The molecule has 2 aromatic carbocycles. The topological polar surface area (TPSA) is 58.7 Å². The second-order valence-electron chi connectivity index (χ2n) is 6.72. The molecule has 2 heterocycles. The van der Waals surface area contributed by atoms with E-state index in [1.807, 2.05) is 66.9 Å². The highest BCUT2D eigenvalue weighted by atomic mass is 32.1. The van der Waals surface area contributed by atoms with Gasteiger partial charge in [0.05, 0.1) is 11.5 Å². The van der Waals surface area contributed by atoms with Crippen LogP contribution in [0.5, 0.6) is 0 Å². The average molecular weight is 385 g/mol. The summed E-state index contributed by atoms with van der Waals surface area (Å²) in [6.45, 7) is 2.51. The number of aromatic nitrogens is 2. The first-order valence-corrected chi connectivity index (χ1v) is 10.1. The van der Waals surface area contributed by atoms with E-state index in [1.54, 1.807) is 4.57 Å². The Bertz CT molecular complexity index is 1220. The Morgan fingerprint density at radius 2 is 1.82 bits per heavy atom. The maximum absolute atomic E-state index is 13.5. The van der Waals surface area contributed by atoms with Gasteiger partial charge in [-0.25, -0.2) is 4.98 Å². The molecule has 4 aromatic rings. The van der Waals surface area contributed by atoms with E-state index in [1.165, 1.54) is 11.3 Å². The van der Waals surface area contributed by atoms with E-state index < -0.39 is 0 Å². The van der Waals surface area contributed by atoms with Crippen molar-refractivity contribution >= 4 is 21.6 Å². The maximum Gasteiger partial charge on any atom is 0.263 e. The molecule has 0 N–H and O–H groups in total. The Labute approximate surface area is 167 Å². The molecule has 5 heteroatoms. The lowest BCUT2D eigenvalue weighted by Gasteiger charge is -2.13. The molecule has 138 valence electrons. The first-order valence-electron chi connectivity index (χ1n) is 9.20. The second-order valence-corrected chi connectivity index (χ2v) is 7.57. The lowest BCUT2D eigenvalue weighted by molar-refractivity contribution is 0.634. The normalized spacial score (nSPS) is 10.9. The third-order valence-electron chi connectivity index (χ3n) is 4.76. The molecular weight excluding hydrogens is 366 g/mol. The zero-order chi connectivity index (χ0) is 19.5. The minimum absolute atomic E-state index is 0.0429. The van der Waals surface area contributed by atoms with Crippen molar-refractivity contribution in [2.75, 3.05) is 0 Å². The van der Waals surface area contributed by atoms with E-state index in [-0.39, 0.29) is 5.56 Å². The van der Waals surface area contributed by atoms with Crippen molar-refractivity contribution < 1.29 is 0 Å². The van der Waals surface area contributed by atoms with Gasteiger partial charge in [0.15, 0.2) is 0 Å². The van der Waals surface area contributed by atoms with Crippen LogP contribution in [-0.4, -0.2) is 9.55 Å². The zero-order valence-electron chi connectivity index (χ0n) is 15.6. The number of hydrogen-bond acceptors (Lipinski definition) is 4. The van der Waals surface area contributed by atoms with Crippen LogP contribution in [-0.2, 0) is 6.54 Å². The largest absolute Gasteiger partial charge is 0.292 e. The van der Waals surface area contributed by atoms with Gasteiger partial charge in [-0.3, -0.25) is 9.36 Å². The lowest BCUT2D eigenvalue weighted by Crippen LogP contribution is -2.23. The standard InChI is InChI=1S/C23H19N3OS/c1-16-9-11-18(12-10-16)21-25-22-20(23(27)26(21)14-6-5-13-24)19(15-28-22)17-7-3-2-4-8-17/h2-4,7-12,15H,5-6,14H2,1H3. The van der Waals surface area contributed by atoms with Crippen LogP contribution in [0.4, 0.5) is 0 Å². The fourth-order valence-corrected chi connectivity index (χ4v) is 4.24. The summed E-state index contributed by atoms with van der Waals surface area (Å²) in [5.74, 6) is 0.664. The Balaban J connectivity index is 1.94. The van der Waals surface area contributed by atoms with E-state index in [9.17, 15) is 4.79 Å². The molecule has 0 bridgehead atoms. The molecule has 0 atom stereocenters. The summed E-state index contributed by atoms with van der Waals surface area (Å²) >= 11 is 1.50. The van der Waals surface area contributed by atoms with Gasteiger partial charge in [0.25, 0.3) is 5.56 Å². The second kappa shape index (κ2) is 7.79. The third kappa shape index (κ3) is 3.35. The van der Waals surface area contributed by atoms with Gasteiger partial charge < -0.3 is 0 Å². The van der Waals surface area contributed by atoms with Crippen molar-refractivity contribution in [3.8, 4) is 28.6 Å². The molecule has 0 spiro atoms. The summed E-state index contributed by atoms with van der Waals surface area (Å²) in [4.78, 5) is 19.1. The highest BCUT2D eigenvalue weighted by Crippen LogP contribution is 2.32. The Morgan fingerprint density at radius 3 is 2.54 bits per heavy atom. The fourth-order valence-electron chi connectivity index (χ4n) is 3.30. The van der Waals surface area contributed by atoms with Gasteiger partial charge in [-0.15, -0.1) is 11.3 Å². The summed E-state index contributed by atoms with van der Waals surface area (Å²) in [5.41, 5.74) is 3.96. The van der Waals surface area contributed by atoms with Crippen molar-refractivity contribution in [3.63, 3.8) is 0 Å². The van der Waals surface area contributed by atoms with Crippen LogP contribution in [0.3, 0.4) is 0 Å². The molecule has 0 unspecified atom stereocenters. The molecule has 28 heavy (non-hydrogen) atoms. The van der Waals surface area contributed by atoms with Crippen LogP contribution in [0, 0.1) is 18.3 Å². The third-order valence-corrected chi connectivity index (χ3v) is 5.63. The molecule has 2 aromatic heterocycles. The molecule has 0 aliphatic heterocycles. The monoisotopic (exact) mass is 385 g/mol. The molecule has 0 radical (unpaired) electrons. The number of hydrogen-bond donors (Lipinski definition) is 0. The lowest BCUT2D eigenvalue weighted by atomic mass is 10.1. The van der Waals surface area contributed by atoms with Gasteiger partial charge in [0.2, 0.25) is 0 Å². The molecule has 0 aliphatic rings. The summed E-state index contributed by atoms with van der Waals surface area (Å²) in [6, 6.07) is 20.1. The van der Waals surface area contributed by atoms with E-state index >= 15 is 0 Å². The highest BCUT2D eigenvalue weighted by Gasteiger charge is 2.17. The fraction of sp³-hybridized carbons (Fsp3) is 0.174. The minimum atomic E-state index is -0.0429. The van der Waals surface area contributed by atoms with Gasteiger partial charge in [-0.1, -0.05) is 60.2 Å². The number of fused-ring (bicyclic) bond motifs is 1. The predicted molar refractivity (Wildman–Crippen MR) is 114 cm³/mol. The Kier molecular flexibility index (Phi) is 5.05. The smallest absolute Gasteiger partial charge is 0.263 e. The van der Waals surface area contributed by atoms with Crippen molar-refractivity contribution in [2.24, 2.45) is 0 Å². The highest BCUT2D eigenvalue weighted by molar-refractivity contribution is 7.17. The summed E-state index contributed by atoms with van der Waals surface area (Å²) in [6.07, 6.45) is 1.03. The van der Waals surface area contributed by atoms with E-state index in [4.69, 9.17) is 10.2 Å². The number of nitriles is 1. The summed E-state index contributed by atoms with van der Waals surface area (Å²) in [7, 11) is 0. The number of thiophene rings is 1. The SMILES string of the molecule is Cc1ccc(-c2nc3scc(-c4ccccc4)c3c(=O)n2CCCC#N)cc1. The van der Waals surface area contributed by atoms with Gasteiger partial charge in [0, 0.05) is 29.5 Å². The van der Waals surface area contributed by atoms with Crippen LogP contribution < -0.4 is 5.56 Å². The molecule has 0 fully saturated rings. The van der Waals surface area contributed by atoms with Gasteiger partial charge in [0.1, 0.15) is 10.7 Å². The number of benzene rings is 2. The zero-order valence-corrected chi connectivity index (χ0v) is 16.4. The van der Waals surface area contributed by atoms with Gasteiger partial charge in [-0.2, -0.15) is 5.26 Å². The maximum atomic E-state index is 13.5. The molecule has 0 aliphatic carbocycles. The molecule has 4 nitrogen and oxygen atoms in total. The molecule has 0 saturated carbocycles. The number of unbranched alkanes of at least 4 members (excludes halogenated alkanes) is 1. The van der Waals surface area contributed by atoms with E-state index in [0.717, 1.165) is 27.1 Å². The van der Waals surface area contributed by atoms with E-state index in [2.05, 4.69) is 6.07 Å². The van der Waals surface area contributed by atoms with Crippen molar-refractivity contribution in [2.45, 2.75) is 26.3 Å². The Hall–Kier alpha value is -3.23. The quantitative estimate of drug-likeness (QED) is 0.432. The van der Waals surface area contributed by atoms with Gasteiger partial charge in [-0.05, 0) is 18.9 Å². The van der Waals surface area contributed by atoms with E-state index in [0.29, 0.717) is 30.6 Å². The molecular formula is C23H19N3OS. The summed E-state index contributed by atoms with van der Waals surface area (Å²) < 4.78 is 1.73. The van der Waals surface area contributed by atoms with Crippen molar-refractivity contribution in [1.82, 2.24) is 9.55 Å². The van der Waals surface area contributed by atoms with Crippen LogP contribution in [0.15, 0.2) is 64.8 Å².